The van der Waals surface area contributed by atoms with Crippen LogP contribution in [-0.2, 0) is 32.7 Å². The standard InChI is InChI=1S/C30H33N11O3/c31-21-30(7-3-1-4-8-30)25-17-32-27-28(36-25)41(38-37-27)20-24-19-39(9-12-42-24)29-33-14-22(15-34-29)23-16-35-40(18-23)10-13-44-26-6-2-5-11-43-26/h1,3-4,7,14-18,24,26H,2,5-6,8-13,19-20H2/t24-,26?,30?/m0/s1. The number of ether oxygens (including phenoxy) is 3. The molecule has 14 nitrogen and oxygen atoms in total. The van der Waals surface area contributed by atoms with Crippen molar-refractivity contribution in [2.24, 2.45) is 0 Å². The second kappa shape index (κ2) is 12.6. The summed E-state index contributed by atoms with van der Waals surface area (Å²) in [6.45, 7) is 4.16. The summed E-state index contributed by atoms with van der Waals surface area (Å²) in [4.78, 5) is 20.6. The van der Waals surface area contributed by atoms with Crippen LogP contribution in [-0.4, -0.2) is 90.0 Å². The number of nitrogens with zero attached hydrogens (tertiary/aromatic N) is 11. The number of hydrogen-bond acceptors (Lipinski definition) is 12. The van der Waals surface area contributed by atoms with Gasteiger partial charge in [-0.05, 0) is 25.7 Å². The highest BCUT2D eigenvalue weighted by molar-refractivity contribution is 5.65. The van der Waals surface area contributed by atoms with Crippen LogP contribution in [0.2, 0.25) is 0 Å². The summed E-state index contributed by atoms with van der Waals surface area (Å²) < 4.78 is 21.1. The molecule has 0 amide bonds. The molecule has 6 heterocycles. The van der Waals surface area contributed by atoms with Crippen molar-refractivity contribution >= 4 is 17.2 Å². The van der Waals surface area contributed by atoms with Crippen LogP contribution in [0.5, 0.6) is 0 Å². The third kappa shape index (κ3) is 5.94. The Bertz CT molecular complexity index is 1690. The Kier molecular flexibility index (Phi) is 8.06. The predicted octanol–water partition coefficient (Wildman–Crippen LogP) is 2.60. The Morgan fingerprint density at radius 1 is 1.05 bits per heavy atom. The molecule has 3 atom stereocenters. The second-order valence-corrected chi connectivity index (χ2v) is 11.1. The lowest BCUT2D eigenvalue weighted by molar-refractivity contribution is -0.163. The lowest BCUT2D eigenvalue weighted by Gasteiger charge is -2.32. The van der Waals surface area contributed by atoms with Crippen LogP contribution in [0.4, 0.5) is 5.95 Å². The van der Waals surface area contributed by atoms with E-state index in [1.165, 1.54) is 0 Å². The SMILES string of the molecule is N#CC1(c2cnc3nnn(C[C@@H]4CN(c5ncc(-c6cnn(CCOC7CCCCO7)c6)cn5)CCO4)c3n2)C=CC=CC1. The van der Waals surface area contributed by atoms with Gasteiger partial charge < -0.3 is 19.1 Å². The number of hydrogen-bond donors (Lipinski definition) is 0. The fourth-order valence-corrected chi connectivity index (χ4v) is 5.64. The third-order valence-corrected chi connectivity index (χ3v) is 8.12. The molecule has 44 heavy (non-hydrogen) atoms. The van der Waals surface area contributed by atoms with E-state index >= 15 is 0 Å². The van der Waals surface area contributed by atoms with Gasteiger partial charge in [0.15, 0.2) is 11.9 Å². The van der Waals surface area contributed by atoms with Crippen molar-refractivity contribution in [3.8, 4) is 17.2 Å². The van der Waals surface area contributed by atoms with Gasteiger partial charge in [-0.2, -0.15) is 10.4 Å². The van der Waals surface area contributed by atoms with Gasteiger partial charge in [0.05, 0.1) is 56.6 Å². The zero-order valence-corrected chi connectivity index (χ0v) is 24.3. The smallest absolute Gasteiger partial charge is 0.225 e. The first-order valence-corrected chi connectivity index (χ1v) is 15.0. The average Bonchev–Trinajstić information content (AvgIpc) is 3.73. The van der Waals surface area contributed by atoms with Gasteiger partial charge in [-0.1, -0.05) is 29.5 Å². The fraction of sp³-hybridized carbons (Fsp3) is 0.467. The zero-order chi connectivity index (χ0) is 29.8. The normalized spacial score (nSPS) is 23.7. The van der Waals surface area contributed by atoms with Gasteiger partial charge in [-0.15, -0.1) is 5.10 Å². The number of allylic oxidation sites excluding steroid dienone is 4. The fourth-order valence-electron chi connectivity index (χ4n) is 5.64. The minimum Gasteiger partial charge on any atom is -0.373 e. The Morgan fingerprint density at radius 3 is 2.80 bits per heavy atom. The van der Waals surface area contributed by atoms with E-state index in [1.807, 2.05) is 53.8 Å². The largest absolute Gasteiger partial charge is 0.373 e. The first-order chi connectivity index (χ1) is 21.7. The van der Waals surface area contributed by atoms with E-state index in [0.717, 1.165) is 37.0 Å². The van der Waals surface area contributed by atoms with Crippen molar-refractivity contribution in [2.45, 2.75) is 56.6 Å². The third-order valence-electron chi connectivity index (χ3n) is 8.12. The van der Waals surface area contributed by atoms with E-state index < -0.39 is 5.41 Å². The second-order valence-electron chi connectivity index (χ2n) is 11.1. The molecule has 0 spiro atoms. The predicted molar refractivity (Wildman–Crippen MR) is 158 cm³/mol. The zero-order valence-electron chi connectivity index (χ0n) is 24.3. The molecule has 0 bridgehead atoms. The molecule has 2 fully saturated rings. The quantitative estimate of drug-likeness (QED) is 0.279. The van der Waals surface area contributed by atoms with Crippen LogP contribution in [0.25, 0.3) is 22.4 Å². The van der Waals surface area contributed by atoms with Gasteiger partial charge in [0.2, 0.25) is 11.6 Å². The van der Waals surface area contributed by atoms with Gasteiger partial charge in [-0.25, -0.2) is 24.6 Å². The highest BCUT2D eigenvalue weighted by Gasteiger charge is 2.32. The molecule has 1 aliphatic carbocycles. The molecule has 4 aromatic heterocycles. The Hall–Kier alpha value is -4.58. The molecule has 2 unspecified atom stereocenters. The molecule has 0 radical (unpaired) electrons. The monoisotopic (exact) mass is 595 g/mol. The number of anilines is 1. The van der Waals surface area contributed by atoms with Crippen LogP contribution in [0.15, 0.2) is 55.3 Å². The molecule has 0 aromatic carbocycles. The van der Waals surface area contributed by atoms with E-state index in [1.54, 1.807) is 10.9 Å². The average molecular weight is 596 g/mol. The van der Waals surface area contributed by atoms with E-state index in [-0.39, 0.29) is 12.4 Å². The highest BCUT2D eigenvalue weighted by atomic mass is 16.7. The van der Waals surface area contributed by atoms with Crippen molar-refractivity contribution in [2.75, 3.05) is 37.8 Å². The summed E-state index contributed by atoms with van der Waals surface area (Å²) in [6.07, 6.45) is 20.1. The summed E-state index contributed by atoms with van der Waals surface area (Å²) in [6, 6.07) is 2.40. The summed E-state index contributed by atoms with van der Waals surface area (Å²) >= 11 is 0. The van der Waals surface area contributed by atoms with E-state index in [4.69, 9.17) is 19.2 Å². The molecule has 4 aromatic rings. The van der Waals surface area contributed by atoms with E-state index in [0.29, 0.717) is 68.8 Å². The Balaban J connectivity index is 0.980. The van der Waals surface area contributed by atoms with Crippen LogP contribution in [0.3, 0.4) is 0 Å². The first kappa shape index (κ1) is 28.2. The number of fused-ring (bicyclic) bond motifs is 1. The molecular formula is C30H33N11O3. The maximum atomic E-state index is 9.95. The number of nitriles is 1. The topological polar surface area (TPSA) is 155 Å². The van der Waals surface area contributed by atoms with Crippen LogP contribution in [0.1, 0.15) is 31.4 Å². The van der Waals surface area contributed by atoms with Gasteiger partial charge in [-0.3, -0.25) is 4.68 Å². The minimum atomic E-state index is -0.857. The molecular weight excluding hydrogens is 562 g/mol. The van der Waals surface area contributed by atoms with Crippen molar-refractivity contribution in [1.82, 2.24) is 44.7 Å². The van der Waals surface area contributed by atoms with Gasteiger partial charge in [0.1, 0.15) is 5.41 Å². The lowest BCUT2D eigenvalue weighted by atomic mass is 9.80. The molecule has 2 saturated heterocycles. The van der Waals surface area contributed by atoms with Gasteiger partial charge in [0.25, 0.3) is 0 Å². The molecule has 0 saturated carbocycles. The number of morpholine rings is 1. The van der Waals surface area contributed by atoms with Crippen LogP contribution < -0.4 is 4.90 Å². The maximum absolute atomic E-state index is 9.95. The summed E-state index contributed by atoms with van der Waals surface area (Å²) in [5, 5.41) is 22.9. The Morgan fingerprint density at radius 2 is 1.98 bits per heavy atom. The van der Waals surface area contributed by atoms with Gasteiger partial charge in [0, 0.05) is 49.4 Å². The van der Waals surface area contributed by atoms with Crippen LogP contribution >= 0.6 is 0 Å². The van der Waals surface area contributed by atoms with Crippen molar-refractivity contribution in [1.29, 1.82) is 5.26 Å². The number of rotatable bonds is 9. The van der Waals surface area contributed by atoms with Gasteiger partial charge >= 0.3 is 0 Å². The first-order valence-electron chi connectivity index (χ1n) is 15.0. The molecule has 226 valence electrons. The highest BCUT2D eigenvalue weighted by Crippen LogP contribution is 2.31. The molecule has 7 rings (SSSR count). The number of aromatic nitrogens is 9. The van der Waals surface area contributed by atoms with E-state index in [2.05, 4.69) is 41.3 Å². The maximum Gasteiger partial charge on any atom is 0.225 e. The molecule has 3 aliphatic rings. The summed E-state index contributed by atoms with van der Waals surface area (Å²) in [5.74, 6) is 0.633. The minimum absolute atomic E-state index is 0.102. The molecule has 2 aliphatic heterocycles. The van der Waals surface area contributed by atoms with Crippen molar-refractivity contribution in [3.05, 3.63) is 61.0 Å². The van der Waals surface area contributed by atoms with Crippen LogP contribution in [0, 0.1) is 11.3 Å². The lowest BCUT2D eigenvalue weighted by Crippen LogP contribution is -2.45. The summed E-state index contributed by atoms with van der Waals surface area (Å²) in [7, 11) is 0. The van der Waals surface area contributed by atoms with Crippen molar-refractivity contribution < 1.29 is 14.2 Å². The van der Waals surface area contributed by atoms with Crippen molar-refractivity contribution in [3.63, 3.8) is 0 Å². The summed E-state index contributed by atoms with van der Waals surface area (Å²) in [5.41, 5.74) is 2.51. The molecule has 0 N–H and O–H groups in total. The Labute approximate surface area is 254 Å². The molecule has 14 heteroatoms. The van der Waals surface area contributed by atoms with E-state index in [9.17, 15) is 5.26 Å².